The third kappa shape index (κ3) is 703. The number of nitrogens with zero attached hydrogens (tertiary/aromatic N) is 1. The van der Waals surface area contributed by atoms with Crippen LogP contribution in [0.15, 0.2) is 0 Å². The molecule has 0 saturated heterocycles. The zero-order valence-electron chi connectivity index (χ0n) is 4.54. The Morgan fingerprint density at radius 3 is 0.800 bits per heavy atom. The predicted molar refractivity (Wildman–Crippen MR) is 26.8 cm³/mol. The van der Waals surface area contributed by atoms with Crippen LogP contribution in [0.25, 0.3) is 0 Å². The van der Waals surface area contributed by atoms with Gasteiger partial charge in [0.05, 0.1) is 0 Å². The van der Waals surface area contributed by atoms with Gasteiger partial charge in [0, 0.05) is 37.3 Å². The molecule has 0 aliphatic carbocycles. The standard InChI is InChI=1S/Er.H2NO3.5H2O/c;2-1(3)4;;;;;/h;2-3H;5*1H2/q;-1;;;;;. The van der Waals surface area contributed by atoms with Crippen molar-refractivity contribution in [2.45, 2.75) is 0 Å². The Hall–Kier alpha value is 0.887. The van der Waals surface area contributed by atoms with E-state index in [1.807, 2.05) is 0 Å². The van der Waals surface area contributed by atoms with Gasteiger partial charge in [-0.2, -0.15) is 0 Å². The van der Waals surface area contributed by atoms with Gasteiger partial charge in [-0.1, -0.05) is 0 Å². The maximum Gasteiger partial charge on any atom is 0 e. The van der Waals surface area contributed by atoms with Crippen molar-refractivity contribution in [3.05, 3.63) is 5.21 Å². The maximum atomic E-state index is 8.47. The minimum atomic E-state index is -1.25. The summed E-state index contributed by atoms with van der Waals surface area (Å²) in [6.45, 7) is 0. The van der Waals surface area contributed by atoms with E-state index in [2.05, 4.69) is 0 Å². The summed E-state index contributed by atoms with van der Waals surface area (Å²) < 4.78 is 0. The van der Waals surface area contributed by atoms with Gasteiger partial charge in [0.2, 0.25) is 0 Å². The maximum absolute atomic E-state index is 8.47. The first-order valence-corrected chi connectivity index (χ1v) is 0.583. The van der Waals surface area contributed by atoms with E-state index in [0.717, 1.165) is 0 Å². The van der Waals surface area contributed by atoms with E-state index in [1.54, 1.807) is 0 Å². The molecule has 0 bridgehead atoms. The topological polar surface area (TPSA) is 224 Å². The van der Waals surface area contributed by atoms with Crippen molar-refractivity contribution >= 4 is 0 Å². The molecule has 0 atom stereocenters. The predicted octanol–water partition coefficient (Wildman–Crippen LogP) is -4.56. The summed E-state index contributed by atoms with van der Waals surface area (Å²) in [7, 11) is 0. The molecule has 0 aliphatic rings. The van der Waals surface area contributed by atoms with Crippen molar-refractivity contribution in [2.75, 3.05) is 0 Å². The second-order valence-electron chi connectivity index (χ2n) is 0.253. The van der Waals surface area contributed by atoms with E-state index in [9.17, 15) is 0 Å². The van der Waals surface area contributed by atoms with Crippen molar-refractivity contribution < 1.29 is 75.1 Å². The van der Waals surface area contributed by atoms with Crippen LogP contribution in [0.4, 0.5) is 0 Å². The first-order valence-electron chi connectivity index (χ1n) is 0.583. The molecule has 0 aromatic rings. The largest absolute Gasteiger partial charge is 0.738 e. The first-order chi connectivity index (χ1) is 1.73. The Kier molecular flexibility index (Phi) is 364. The second-order valence-corrected chi connectivity index (χ2v) is 0.253. The molecule has 0 aliphatic heterocycles. The Labute approximate surface area is 85.5 Å². The van der Waals surface area contributed by atoms with Crippen molar-refractivity contribution in [1.82, 2.24) is 5.39 Å². The molecule has 0 unspecified atom stereocenters. The van der Waals surface area contributed by atoms with Crippen molar-refractivity contribution in [2.24, 2.45) is 0 Å². The normalized spacial score (nSPS) is 3.60. The van der Waals surface area contributed by atoms with E-state index in [0.29, 0.717) is 0 Å². The van der Waals surface area contributed by atoms with Crippen LogP contribution in [0, 0.1) is 42.5 Å². The van der Waals surface area contributed by atoms with Gasteiger partial charge < -0.3 is 43.0 Å². The molecular weight excluding hydrogens is 309 g/mol. The van der Waals surface area contributed by atoms with Gasteiger partial charge in [-0.15, -0.1) is 5.39 Å². The molecule has 12 N–H and O–H groups in total. The summed E-state index contributed by atoms with van der Waals surface area (Å²) in [5, 5.41) is 21.0. The molecule has 0 spiro atoms. The van der Waals surface area contributed by atoms with Gasteiger partial charge in [-0.3, -0.25) is 0 Å². The van der Waals surface area contributed by atoms with Crippen LogP contribution in [0.1, 0.15) is 0 Å². The third-order valence-electron chi connectivity index (χ3n) is 0. The molecular formula is H12ErNO8-. The fraction of sp³-hybridized carbons (Fsp3) is 0. The minimum Gasteiger partial charge on any atom is -0.738 e. The van der Waals surface area contributed by atoms with Gasteiger partial charge in [0.25, 0.3) is 0 Å². The zero-order chi connectivity index (χ0) is 3.58. The average molecular weight is 321 g/mol. The van der Waals surface area contributed by atoms with Gasteiger partial charge in [-0.05, 0) is 0 Å². The Balaban J connectivity index is -0.00000000300. The van der Waals surface area contributed by atoms with Crippen molar-refractivity contribution in [1.29, 1.82) is 0 Å². The summed E-state index contributed by atoms with van der Waals surface area (Å²) in [5.74, 6) is 0. The van der Waals surface area contributed by atoms with E-state index >= 15 is 0 Å². The van der Waals surface area contributed by atoms with Gasteiger partial charge in [0.1, 0.15) is 0 Å². The zero-order valence-corrected chi connectivity index (χ0v) is 6.39. The number of hydrogen-bond donors (Lipinski definition) is 2. The Morgan fingerprint density at radius 1 is 0.800 bits per heavy atom. The summed E-state index contributed by atoms with van der Waals surface area (Å²) in [4.78, 5) is 0. The van der Waals surface area contributed by atoms with Crippen LogP contribution >= 0.6 is 0 Å². The summed E-state index contributed by atoms with van der Waals surface area (Å²) >= 11 is 0. The molecule has 9 nitrogen and oxygen atoms in total. The Bertz CT molecular complexity index is 14.0. The van der Waals surface area contributed by atoms with Crippen LogP contribution in [0.5, 0.6) is 0 Å². The molecule has 78 valence electrons. The Morgan fingerprint density at radius 2 is 0.800 bits per heavy atom. The molecule has 10 heteroatoms. The molecule has 0 heterocycles. The molecule has 0 rings (SSSR count). The monoisotopic (exact) mass is 320 g/mol. The first kappa shape index (κ1) is 70.4. The van der Waals surface area contributed by atoms with Crippen LogP contribution in [0.3, 0.4) is 0 Å². The van der Waals surface area contributed by atoms with E-state index in [1.165, 1.54) is 0 Å². The number of hydrogen-bond acceptors (Lipinski definition) is 4. The van der Waals surface area contributed by atoms with Crippen LogP contribution < -0.4 is 0 Å². The van der Waals surface area contributed by atoms with Gasteiger partial charge in [0.15, 0.2) is 0 Å². The summed E-state index contributed by atoms with van der Waals surface area (Å²) in [6.07, 6.45) is 0. The molecule has 0 radical (unpaired) electrons. The van der Waals surface area contributed by atoms with Crippen molar-refractivity contribution in [3.63, 3.8) is 0 Å². The SMILES string of the molecule is O.O.O.O.O.[Er].[O-]N(O)O. The minimum absolute atomic E-state index is 0. The molecule has 0 fully saturated rings. The van der Waals surface area contributed by atoms with Crippen LogP contribution in [-0.4, -0.2) is 43.2 Å². The quantitative estimate of drug-likeness (QED) is 0.420. The fourth-order valence-corrected chi connectivity index (χ4v) is 0. The van der Waals surface area contributed by atoms with E-state index in [4.69, 9.17) is 15.6 Å². The molecule has 0 aromatic heterocycles. The van der Waals surface area contributed by atoms with E-state index in [-0.39, 0.29) is 64.7 Å². The summed E-state index contributed by atoms with van der Waals surface area (Å²) in [6, 6.07) is 0. The van der Waals surface area contributed by atoms with Crippen molar-refractivity contribution in [3.8, 4) is 0 Å². The molecule has 0 saturated carbocycles. The average Bonchev–Trinajstić information content (AvgIpc) is 0.811. The third-order valence-corrected chi connectivity index (χ3v) is 0. The van der Waals surface area contributed by atoms with E-state index < -0.39 is 5.39 Å². The molecule has 0 aromatic carbocycles. The second kappa shape index (κ2) is 51.7. The molecule has 0 amide bonds. The molecule has 10 heavy (non-hydrogen) atoms. The number of rotatable bonds is 0. The summed E-state index contributed by atoms with van der Waals surface area (Å²) in [5.41, 5.74) is 0. The fourth-order valence-electron chi connectivity index (χ4n) is 0. The van der Waals surface area contributed by atoms with Gasteiger partial charge in [-0.25, -0.2) is 0 Å². The van der Waals surface area contributed by atoms with Crippen LogP contribution in [-0.2, 0) is 0 Å². The smallest absolute Gasteiger partial charge is 0 e. The van der Waals surface area contributed by atoms with Crippen LogP contribution in [0.2, 0.25) is 0 Å². The van der Waals surface area contributed by atoms with Gasteiger partial charge >= 0.3 is 0 Å².